The van der Waals surface area contributed by atoms with E-state index in [0.29, 0.717) is 0 Å². The Labute approximate surface area is 79.4 Å². The van der Waals surface area contributed by atoms with Crippen LogP contribution in [0.3, 0.4) is 0 Å². The second-order valence-corrected chi connectivity index (χ2v) is 4.08. The predicted octanol–water partition coefficient (Wildman–Crippen LogP) is 3.50. The van der Waals surface area contributed by atoms with Crippen LogP contribution in [0.2, 0.25) is 0 Å². The van der Waals surface area contributed by atoms with E-state index >= 15 is 0 Å². The minimum atomic E-state index is 1.14. The molecule has 0 aliphatic rings. The highest BCUT2D eigenvalue weighted by Crippen LogP contribution is 2.12. The minimum Gasteiger partial charge on any atom is -0.157 e. The normalized spacial score (nSPS) is 10.2. The van der Waals surface area contributed by atoms with Crippen molar-refractivity contribution in [2.24, 2.45) is 0 Å². The molecule has 0 aliphatic carbocycles. The maximum absolute atomic E-state index is 2.24. The van der Waals surface area contributed by atoms with Crippen molar-refractivity contribution in [3.05, 3.63) is 35.4 Å². The van der Waals surface area contributed by atoms with Crippen molar-refractivity contribution < 1.29 is 0 Å². The Morgan fingerprint density at radius 2 is 1.58 bits per heavy atom. The van der Waals surface area contributed by atoms with E-state index in [-0.39, 0.29) is 0 Å². The Balaban J connectivity index is 2.53. The zero-order valence-electron chi connectivity index (χ0n) is 7.84. The van der Waals surface area contributed by atoms with Gasteiger partial charge in [-0.3, -0.25) is 0 Å². The SMILES string of the molecule is CCSCc1ccc(CC)cc1. The quantitative estimate of drug-likeness (QED) is 0.683. The van der Waals surface area contributed by atoms with E-state index in [0.717, 1.165) is 12.2 Å². The Morgan fingerprint density at radius 1 is 1.00 bits per heavy atom. The number of aryl methyl sites for hydroxylation is 1. The standard InChI is InChI=1S/C11H16S/c1-3-10-5-7-11(8-6-10)9-12-4-2/h5-8H,3-4,9H2,1-2H3. The summed E-state index contributed by atoms with van der Waals surface area (Å²) >= 11 is 1.97. The van der Waals surface area contributed by atoms with E-state index in [1.165, 1.54) is 16.9 Å². The van der Waals surface area contributed by atoms with Crippen LogP contribution in [0, 0.1) is 0 Å². The molecule has 1 aromatic carbocycles. The summed E-state index contributed by atoms with van der Waals surface area (Å²) in [4.78, 5) is 0. The lowest BCUT2D eigenvalue weighted by Gasteiger charge is -2.00. The fourth-order valence-electron chi connectivity index (χ4n) is 1.09. The smallest absolute Gasteiger partial charge is 0.0184 e. The molecule has 0 fully saturated rings. The lowest BCUT2D eigenvalue weighted by atomic mass is 10.1. The number of hydrogen-bond acceptors (Lipinski definition) is 1. The van der Waals surface area contributed by atoms with Crippen LogP contribution in [-0.2, 0) is 12.2 Å². The van der Waals surface area contributed by atoms with Crippen LogP contribution in [-0.4, -0.2) is 5.75 Å². The molecule has 0 aliphatic heterocycles. The van der Waals surface area contributed by atoms with Crippen molar-refractivity contribution >= 4 is 11.8 Å². The summed E-state index contributed by atoms with van der Waals surface area (Å²) < 4.78 is 0. The summed E-state index contributed by atoms with van der Waals surface area (Å²) in [5, 5.41) is 0. The molecule has 66 valence electrons. The van der Waals surface area contributed by atoms with Crippen LogP contribution in [0.25, 0.3) is 0 Å². The van der Waals surface area contributed by atoms with Crippen molar-refractivity contribution in [2.45, 2.75) is 26.0 Å². The van der Waals surface area contributed by atoms with Gasteiger partial charge in [-0.05, 0) is 23.3 Å². The van der Waals surface area contributed by atoms with Crippen LogP contribution in [0.15, 0.2) is 24.3 Å². The summed E-state index contributed by atoms with van der Waals surface area (Å²) in [5.41, 5.74) is 2.87. The molecular weight excluding hydrogens is 164 g/mol. The molecule has 0 saturated heterocycles. The first-order chi connectivity index (χ1) is 5.86. The molecule has 0 aromatic heterocycles. The van der Waals surface area contributed by atoms with Gasteiger partial charge in [0.15, 0.2) is 0 Å². The van der Waals surface area contributed by atoms with Gasteiger partial charge in [0.25, 0.3) is 0 Å². The fraction of sp³-hybridized carbons (Fsp3) is 0.455. The van der Waals surface area contributed by atoms with E-state index in [4.69, 9.17) is 0 Å². The highest BCUT2D eigenvalue weighted by Gasteiger charge is 1.92. The Bertz CT molecular complexity index is 213. The van der Waals surface area contributed by atoms with Gasteiger partial charge in [-0.2, -0.15) is 11.8 Å². The van der Waals surface area contributed by atoms with Gasteiger partial charge in [0, 0.05) is 5.75 Å². The zero-order chi connectivity index (χ0) is 8.81. The number of thioether (sulfide) groups is 1. The molecule has 0 radical (unpaired) electrons. The third-order valence-corrected chi connectivity index (χ3v) is 2.85. The number of hydrogen-bond donors (Lipinski definition) is 0. The molecule has 0 unspecified atom stereocenters. The van der Waals surface area contributed by atoms with Gasteiger partial charge >= 0.3 is 0 Å². The van der Waals surface area contributed by atoms with Crippen LogP contribution in [0.4, 0.5) is 0 Å². The van der Waals surface area contributed by atoms with Crippen molar-refractivity contribution in [1.29, 1.82) is 0 Å². The van der Waals surface area contributed by atoms with Crippen LogP contribution >= 0.6 is 11.8 Å². The topological polar surface area (TPSA) is 0 Å². The predicted molar refractivity (Wildman–Crippen MR) is 57.7 cm³/mol. The first kappa shape index (κ1) is 9.66. The largest absolute Gasteiger partial charge is 0.157 e. The minimum absolute atomic E-state index is 1.14. The molecule has 0 amide bonds. The molecule has 0 atom stereocenters. The lowest BCUT2D eigenvalue weighted by molar-refractivity contribution is 1.13. The summed E-state index contributed by atoms with van der Waals surface area (Å²) in [6.45, 7) is 4.39. The van der Waals surface area contributed by atoms with Gasteiger partial charge in [-0.15, -0.1) is 0 Å². The maximum Gasteiger partial charge on any atom is 0.0184 e. The summed E-state index contributed by atoms with van der Waals surface area (Å²) in [7, 11) is 0. The third-order valence-electron chi connectivity index (χ3n) is 1.90. The molecule has 0 saturated carbocycles. The first-order valence-corrected chi connectivity index (χ1v) is 5.67. The third kappa shape index (κ3) is 2.90. The van der Waals surface area contributed by atoms with E-state index in [1.54, 1.807) is 0 Å². The summed E-state index contributed by atoms with van der Waals surface area (Å²) in [6.07, 6.45) is 1.14. The Morgan fingerprint density at radius 3 is 2.08 bits per heavy atom. The number of benzene rings is 1. The monoisotopic (exact) mass is 180 g/mol. The molecule has 0 heterocycles. The maximum atomic E-state index is 2.24. The highest BCUT2D eigenvalue weighted by atomic mass is 32.2. The Kier molecular flexibility index (Phi) is 4.23. The van der Waals surface area contributed by atoms with E-state index < -0.39 is 0 Å². The van der Waals surface area contributed by atoms with Gasteiger partial charge < -0.3 is 0 Å². The average Bonchev–Trinajstić information content (AvgIpc) is 2.15. The summed E-state index contributed by atoms with van der Waals surface area (Å²) in [6, 6.07) is 8.93. The van der Waals surface area contributed by atoms with Crippen molar-refractivity contribution in [2.75, 3.05) is 5.75 Å². The number of rotatable bonds is 4. The Hall–Kier alpha value is -0.430. The van der Waals surface area contributed by atoms with Gasteiger partial charge in [-0.1, -0.05) is 38.1 Å². The second-order valence-electron chi connectivity index (χ2n) is 2.81. The molecular formula is C11H16S. The van der Waals surface area contributed by atoms with Gasteiger partial charge in [0.05, 0.1) is 0 Å². The van der Waals surface area contributed by atoms with Crippen LogP contribution in [0.1, 0.15) is 25.0 Å². The van der Waals surface area contributed by atoms with Gasteiger partial charge in [0.2, 0.25) is 0 Å². The molecule has 0 bridgehead atoms. The van der Waals surface area contributed by atoms with Crippen molar-refractivity contribution in [3.63, 3.8) is 0 Å². The molecule has 1 rings (SSSR count). The molecule has 0 nitrogen and oxygen atoms in total. The molecule has 1 aromatic rings. The molecule has 1 heteroatoms. The molecule has 0 spiro atoms. The average molecular weight is 180 g/mol. The van der Waals surface area contributed by atoms with Gasteiger partial charge in [-0.25, -0.2) is 0 Å². The van der Waals surface area contributed by atoms with Crippen molar-refractivity contribution in [3.8, 4) is 0 Å². The fourth-order valence-corrected chi connectivity index (χ4v) is 1.72. The van der Waals surface area contributed by atoms with E-state index in [2.05, 4.69) is 38.1 Å². The van der Waals surface area contributed by atoms with Crippen molar-refractivity contribution in [1.82, 2.24) is 0 Å². The van der Waals surface area contributed by atoms with E-state index in [9.17, 15) is 0 Å². The van der Waals surface area contributed by atoms with Crippen LogP contribution in [0.5, 0.6) is 0 Å². The van der Waals surface area contributed by atoms with Gasteiger partial charge in [0.1, 0.15) is 0 Å². The van der Waals surface area contributed by atoms with Crippen LogP contribution < -0.4 is 0 Å². The lowest BCUT2D eigenvalue weighted by Crippen LogP contribution is -1.83. The summed E-state index contributed by atoms with van der Waals surface area (Å²) in [5.74, 6) is 2.36. The first-order valence-electron chi connectivity index (χ1n) is 4.52. The highest BCUT2D eigenvalue weighted by molar-refractivity contribution is 7.98. The molecule has 0 N–H and O–H groups in total. The molecule has 12 heavy (non-hydrogen) atoms. The second kappa shape index (κ2) is 5.26. The zero-order valence-corrected chi connectivity index (χ0v) is 8.66. The van der Waals surface area contributed by atoms with E-state index in [1.807, 2.05) is 11.8 Å².